The van der Waals surface area contributed by atoms with Crippen molar-refractivity contribution in [3.05, 3.63) is 52.0 Å². The number of nitrogens with one attached hydrogen (secondary N) is 1. The van der Waals surface area contributed by atoms with Crippen LogP contribution < -0.4 is 14.8 Å². The lowest BCUT2D eigenvalue weighted by molar-refractivity contribution is -0.131. The third kappa shape index (κ3) is 6.67. The minimum Gasteiger partial charge on any atom is -0.497 e. The van der Waals surface area contributed by atoms with Gasteiger partial charge in [-0.3, -0.25) is 14.6 Å². The molecule has 0 aliphatic carbocycles. The van der Waals surface area contributed by atoms with Crippen LogP contribution in [0.2, 0.25) is 0 Å². The van der Waals surface area contributed by atoms with Crippen molar-refractivity contribution < 1.29 is 23.8 Å². The van der Waals surface area contributed by atoms with Gasteiger partial charge in [-0.1, -0.05) is 0 Å². The highest BCUT2D eigenvalue weighted by Crippen LogP contribution is 2.37. The fourth-order valence-electron chi connectivity index (χ4n) is 4.85. The second kappa shape index (κ2) is 12.5. The number of methoxy groups -OCH3 is 3. The fourth-order valence-corrected chi connectivity index (χ4v) is 6.08. The minimum atomic E-state index is -0.383. The monoisotopic (exact) mass is 550 g/mol. The Balaban J connectivity index is 1.36. The molecule has 0 fully saturated rings. The average Bonchev–Trinajstić information content (AvgIpc) is 3.30. The van der Waals surface area contributed by atoms with Crippen molar-refractivity contribution in [2.75, 3.05) is 33.2 Å². The van der Waals surface area contributed by atoms with Crippen LogP contribution in [-0.4, -0.2) is 55.9 Å². The number of thiophene rings is 1. The molecule has 2 aliphatic heterocycles. The van der Waals surface area contributed by atoms with Crippen molar-refractivity contribution in [3.8, 4) is 17.6 Å². The molecule has 4 rings (SSSR count). The molecule has 1 N–H and O–H groups in total. The molecule has 1 unspecified atom stereocenters. The summed E-state index contributed by atoms with van der Waals surface area (Å²) in [6.45, 7) is 2.98. The summed E-state index contributed by atoms with van der Waals surface area (Å²) in [4.78, 5) is 33.0. The highest BCUT2D eigenvalue weighted by molar-refractivity contribution is 7.16. The number of aliphatic imine (C=N–C) groups is 1. The Kier molecular flexibility index (Phi) is 9.04. The number of carbonyl (C=O) groups is 2. The Bertz CT molecular complexity index is 1340. The molecule has 0 saturated heterocycles. The molecule has 0 saturated carbocycles. The van der Waals surface area contributed by atoms with E-state index in [0.29, 0.717) is 67.3 Å². The van der Waals surface area contributed by atoms with Gasteiger partial charge in [-0.05, 0) is 61.6 Å². The van der Waals surface area contributed by atoms with E-state index in [-0.39, 0.29) is 23.8 Å². The van der Waals surface area contributed by atoms with E-state index in [0.717, 1.165) is 21.7 Å². The van der Waals surface area contributed by atoms with E-state index in [1.54, 1.807) is 27.5 Å². The molecule has 3 heterocycles. The molecule has 2 amide bonds. The van der Waals surface area contributed by atoms with E-state index in [1.165, 1.54) is 11.3 Å². The first-order valence-electron chi connectivity index (χ1n) is 12.9. The summed E-state index contributed by atoms with van der Waals surface area (Å²) in [6, 6.07) is 7.75. The van der Waals surface area contributed by atoms with Crippen LogP contribution in [0.3, 0.4) is 0 Å². The van der Waals surface area contributed by atoms with Crippen molar-refractivity contribution in [3.63, 3.8) is 0 Å². The minimum absolute atomic E-state index is 0.0572. The zero-order chi connectivity index (χ0) is 28.0. The van der Waals surface area contributed by atoms with E-state index in [4.69, 9.17) is 14.2 Å². The summed E-state index contributed by atoms with van der Waals surface area (Å²) in [6.07, 6.45) is 6.58. The predicted molar refractivity (Wildman–Crippen MR) is 150 cm³/mol. The van der Waals surface area contributed by atoms with Gasteiger partial charge in [-0.2, -0.15) is 5.26 Å². The molecule has 9 nitrogen and oxygen atoms in total. The SMILES string of the molecule is COc1ccc(OC)c(CCC(=O)Nc2sc3c(c2C#N)CCN(C(=O)CCC2=NC=CC(C)(OC)C2)C3)c1. The van der Waals surface area contributed by atoms with Crippen molar-refractivity contribution in [2.24, 2.45) is 4.99 Å². The summed E-state index contributed by atoms with van der Waals surface area (Å²) in [5, 5.41) is 13.3. The quantitative estimate of drug-likeness (QED) is 0.461. The first-order chi connectivity index (χ1) is 18.8. The van der Waals surface area contributed by atoms with E-state index >= 15 is 0 Å². The Hall–Kier alpha value is -3.68. The Morgan fingerprint density at radius 1 is 1.21 bits per heavy atom. The van der Waals surface area contributed by atoms with Crippen LogP contribution in [0.4, 0.5) is 5.00 Å². The summed E-state index contributed by atoms with van der Waals surface area (Å²) in [5.74, 6) is 1.26. The summed E-state index contributed by atoms with van der Waals surface area (Å²) < 4.78 is 16.2. The number of fused-ring (bicyclic) bond motifs is 1. The highest BCUT2D eigenvalue weighted by Gasteiger charge is 2.29. The summed E-state index contributed by atoms with van der Waals surface area (Å²) >= 11 is 1.38. The van der Waals surface area contributed by atoms with Gasteiger partial charge in [0, 0.05) is 49.7 Å². The second-order valence-electron chi connectivity index (χ2n) is 9.82. The van der Waals surface area contributed by atoms with Gasteiger partial charge < -0.3 is 24.4 Å². The zero-order valence-corrected chi connectivity index (χ0v) is 23.7. The van der Waals surface area contributed by atoms with Gasteiger partial charge >= 0.3 is 0 Å². The fraction of sp³-hybridized carbons (Fsp3) is 0.448. The maximum atomic E-state index is 13.0. The standard InChI is InChI=1S/C29H34N4O5S/c1-29(38-4)12-13-31-20(16-29)6-10-27(35)33-14-11-22-23(17-30)28(39-25(22)18-33)32-26(34)9-5-19-15-21(36-2)7-8-24(19)37-3/h7-8,12-13,15H,5-6,9-11,14,16,18H2,1-4H3,(H,32,34). The topological polar surface area (TPSA) is 113 Å². The number of amides is 2. The van der Waals surface area contributed by atoms with Crippen molar-refractivity contribution in [1.82, 2.24) is 4.90 Å². The first kappa shape index (κ1) is 28.3. The number of nitrogens with zero attached hydrogens (tertiary/aromatic N) is 3. The molecule has 206 valence electrons. The maximum absolute atomic E-state index is 13.0. The van der Waals surface area contributed by atoms with Crippen molar-refractivity contribution in [1.29, 1.82) is 5.26 Å². The molecule has 2 aliphatic rings. The molecule has 10 heteroatoms. The average molecular weight is 551 g/mol. The smallest absolute Gasteiger partial charge is 0.225 e. The van der Waals surface area contributed by atoms with Crippen molar-refractivity contribution in [2.45, 2.75) is 57.6 Å². The number of benzene rings is 1. The molecule has 1 atom stereocenters. The number of carbonyl (C=O) groups excluding carboxylic acids is 2. The van der Waals surface area contributed by atoms with Crippen molar-refractivity contribution >= 4 is 33.9 Å². The molecule has 1 aromatic carbocycles. The zero-order valence-electron chi connectivity index (χ0n) is 22.8. The Morgan fingerprint density at radius 2 is 2.03 bits per heavy atom. The van der Waals surface area contributed by atoms with Gasteiger partial charge in [0.05, 0.1) is 31.9 Å². The Morgan fingerprint density at radius 3 is 2.74 bits per heavy atom. The number of hydrogen-bond donors (Lipinski definition) is 1. The molecule has 2 aromatic rings. The number of rotatable bonds is 10. The molecule has 0 radical (unpaired) electrons. The van der Waals surface area contributed by atoms with Crippen LogP contribution in [0, 0.1) is 11.3 Å². The van der Waals surface area contributed by atoms with Crippen LogP contribution in [0.5, 0.6) is 11.5 Å². The molecule has 0 bridgehead atoms. The van der Waals surface area contributed by atoms with Gasteiger partial charge in [-0.25, -0.2) is 0 Å². The normalized spacial score (nSPS) is 18.1. The van der Waals surface area contributed by atoms with Gasteiger partial charge in [0.2, 0.25) is 11.8 Å². The van der Waals surface area contributed by atoms with Crippen LogP contribution in [0.1, 0.15) is 54.2 Å². The lowest BCUT2D eigenvalue weighted by atomic mass is 9.94. The van der Waals surface area contributed by atoms with E-state index in [9.17, 15) is 14.9 Å². The largest absolute Gasteiger partial charge is 0.497 e. The second-order valence-corrected chi connectivity index (χ2v) is 10.9. The number of nitriles is 1. The maximum Gasteiger partial charge on any atom is 0.225 e. The van der Waals surface area contributed by atoms with Crippen LogP contribution in [-0.2, 0) is 33.7 Å². The summed E-state index contributed by atoms with van der Waals surface area (Å²) in [5.41, 5.74) is 2.86. The lowest BCUT2D eigenvalue weighted by Gasteiger charge is -2.29. The van der Waals surface area contributed by atoms with E-state index in [1.807, 2.05) is 36.1 Å². The number of hydrogen-bond acceptors (Lipinski definition) is 8. The summed E-state index contributed by atoms with van der Waals surface area (Å²) in [7, 11) is 4.86. The van der Waals surface area contributed by atoms with E-state index in [2.05, 4.69) is 16.4 Å². The molecular weight excluding hydrogens is 516 g/mol. The third-order valence-corrected chi connectivity index (χ3v) is 8.35. The van der Waals surface area contributed by atoms with Crippen LogP contribution in [0.15, 0.2) is 35.5 Å². The highest BCUT2D eigenvalue weighted by atomic mass is 32.1. The number of anilines is 1. The van der Waals surface area contributed by atoms with Gasteiger partial charge in [0.25, 0.3) is 0 Å². The Labute approximate surface area is 233 Å². The van der Waals surface area contributed by atoms with Gasteiger partial charge in [-0.15, -0.1) is 11.3 Å². The van der Waals surface area contributed by atoms with Gasteiger partial charge in [0.1, 0.15) is 22.6 Å². The van der Waals surface area contributed by atoms with E-state index < -0.39 is 0 Å². The number of aryl methyl sites for hydroxylation is 1. The number of ether oxygens (including phenoxy) is 3. The molecule has 39 heavy (non-hydrogen) atoms. The molecule has 0 spiro atoms. The predicted octanol–water partition coefficient (Wildman–Crippen LogP) is 4.64. The molecular formula is C29H34N4O5S. The van der Waals surface area contributed by atoms with Crippen LogP contribution in [0.25, 0.3) is 0 Å². The molecule has 1 aromatic heterocycles. The third-order valence-electron chi connectivity index (χ3n) is 7.22. The first-order valence-corrected chi connectivity index (χ1v) is 13.7. The lowest BCUT2D eigenvalue weighted by Crippen LogP contribution is -2.36. The van der Waals surface area contributed by atoms with Crippen LogP contribution >= 0.6 is 11.3 Å². The van der Waals surface area contributed by atoms with Gasteiger partial charge in [0.15, 0.2) is 0 Å².